The minimum Gasteiger partial charge on any atom is -0.392 e. The summed E-state index contributed by atoms with van der Waals surface area (Å²) >= 11 is 0. The van der Waals surface area contributed by atoms with E-state index in [-0.39, 0.29) is 12.0 Å². The molecule has 1 saturated heterocycles. The first-order chi connectivity index (χ1) is 10.7. The van der Waals surface area contributed by atoms with E-state index in [0.29, 0.717) is 19.0 Å². The monoisotopic (exact) mass is 302 g/mol. The van der Waals surface area contributed by atoms with Gasteiger partial charge >= 0.3 is 0 Å². The summed E-state index contributed by atoms with van der Waals surface area (Å²) in [7, 11) is 0. The van der Waals surface area contributed by atoms with Crippen molar-refractivity contribution < 1.29 is 9.90 Å². The van der Waals surface area contributed by atoms with E-state index in [2.05, 4.69) is 17.4 Å². The van der Waals surface area contributed by atoms with Gasteiger partial charge in [-0.2, -0.15) is 0 Å². The van der Waals surface area contributed by atoms with Gasteiger partial charge in [-0.25, -0.2) is 0 Å². The van der Waals surface area contributed by atoms with Crippen LogP contribution in [0.2, 0.25) is 0 Å². The Bertz CT molecular complexity index is 494. The number of nitrogens with one attached hydrogen (secondary N) is 1. The zero-order valence-electron chi connectivity index (χ0n) is 13.1. The number of amides is 1. The molecule has 1 unspecified atom stereocenters. The van der Waals surface area contributed by atoms with Gasteiger partial charge in [0.1, 0.15) is 0 Å². The Morgan fingerprint density at radius 2 is 1.86 bits per heavy atom. The summed E-state index contributed by atoms with van der Waals surface area (Å²) in [5.41, 5.74) is 2.27. The van der Waals surface area contributed by atoms with Crippen LogP contribution < -0.4 is 5.32 Å². The lowest BCUT2D eigenvalue weighted by Crippen LogP contribution is -2.32. The third-order valence-corrected chi connectivity index (χ3v) is 4.89. The molecule has 1 aliphatic heterocycles. The Balaban J connectivity index is 1.51. The lowest BCUT2D eigenvalue weighted by atomic mass is 9.84. The minimum absolute atomic E-state index is 0.000448. The van der Waals surface area contributed by atoms with Crippen LogP contribution in [0.25, 0.3) is 0 Å². The SMILES string of the molecule is O=C(CN1CCC(O)C1)Nc1ccc(C2CCCCC2)cc1. The zero-order chi connectivity index (χ0) is 15.4. The molecule has 0 spiro atoms. The maximum absolute atomic E-state index is 12.0. The van der Waals surface area contributed by atoms with Crippen LogP contribution in [-0.2, 0) is 4.79 Å². The number of nitrogens with zero attached hydrogens (tertiary/aromatic N) is 1. The molecule has 2 aliphatic rings. The molecule has 2 fully saturated rings. The standard InChI is InChI=1S/C18H26N2O2/c21-17-10-11-20(12-17)13-18(22)19-16-8-6-15(7-9-16)14-4-2-1-3-5-14/h6-9,14,17,21H,1-5,10-13H2,(H,19,22). The van der Waals surface area contributed by atoms with E-state index in [1.54, 1.807) is 0 Å². The molecule has 0 radical (unpaired) electrons. The number of β-amino-alcohol motifs (C(OH)–C–C–N with tert-alkyl or cyclic N) is 1. The number of aliphatic hydroxyl groups excluding tert-OH is 1. The van der Waals surface area contributed by atoms with Crippen LogP contribution in [0.3, 0.4) is 0 Å². The van der Waals surface area contributed by atoms with Crippen LogP contribution >= 0.6 is 0 Å². The van der Waals surface area contributed by atoms with Crippen molar-refractivity contribution in [2.75, 3.05) is 25.0 Å². The van der Waals surface area contributed by atoms with Crippen LogP contribution in [0.4, 0.5) is 5.69 Å². The summed E-state index contributed by atoms with van der Waals surface area (Å²) in [5, 5.41) is 12.4. The van der Waals surface area contributed by atoms with Gasteiger partial charge in [-0.15, -0.1) is 0 Å². The van der Waals surface area contributed by atoms with Crippen molar-refractivity contribution in [2.45, 2.75) is 50.5 Å². The quantitative estimate of drug-likeness (QED) is 0.899. The smallest absolute Gasteiger partial charge is 0.238 e. The molecule has 120 valence electrons. The summed E-state index contributed by atoms with van der Waals surface area (Å²) in [6.07, 6.45) is 7.13. The van der Waals surface area contributed by atoms with Crippen molar-refractivity contribution in [3.8, 4) is 0 Å². The fourth-order valence-electron chi connectivity index (χ4n) is 3.63. The van der Waals surface area contributed by atoms with Crippen LogP contribution in [0.15, 0.2) is 24.3 Å². The third kappa shape index (κ3) is 4.08. The Labute approximate surface area is 132 Å². The minimum atomic E-state index is -0.275. The maximum Gasteiger partial charge on any atom is 0.238 e. The normalized spacial score (nSPS) is 23.6. The Kier molecular flexibility index (Phi) is 5.11. The lowest BCUT2D eigenvalue weighted by Gasteiger charge is -2.22. The molecule has 4 nitrogen and oxygen atoms in total. The summed E-state index contributed by atoms with van der Waals surface area (Å²) in [6, 6.07) is 8.34. The predicted octanol–water partition coefficient (Wildman–Crippen LogP) is 2.74. The van der Waals surface area contributed by atoms with Crippen LogP contribution in [0, 0.1) is 0 Å². The molecule has 1 amide bonds. The molecule has 1 saturated carbocycles. The van der Waals surface area contributed by atoms with Crippen molar-refractivity contribution in [3.05, 3.63) is 29.8 Å². The van der Waals surface area contributed by atoms with Crippen LogP contribution in [0.5, 0.6) is 0 Å². The molecule has 0 bridgehead atoms. The largest absolute Gasteiger partial charge is 0.392 e. The van der Waals surface area contributed by atoms with Crippen molar-refractivity contribution in [3.63, 3.8) is 0 Å². The second-order valence-electron chi connectivity index (χ2n) is 6.68. The number of carbonyl (C=O) groups is 1. The van der Waals surface area contributed by atoms with Crippen molar-refractivity contribution in [1.82, 2.24) is 4.90 Å². The number of carbonyl (C=O) groups excluding carboxylic acids is 1. The van der Waals surface area contributed by atoms with Gasteiger partial charge in [0.05, 0.1) is 12.6 Å². The molecule has 1 aromatic carbocycles. The molecule has 2 N–H and O–H groups in total. The molecule has 1 atom stereocenters. The summed E-state index contributed by atoms with van der Waals surface area (Å²) in [4.78, 5) is 14.0. The highest BCUT2D eigenvalue weighted by atomic mass is 16.3. The van der Waals surface area contributed by atoms with Crippen molar-refractivity contribution in [1.29, 1.82) is 0 Å². The second kappa shape index (κ2) is 7.25. The molecule has 3 rings (SSSR count). The van der Waals surface area contributed by atoms with Gasteiger partial charge in [-0.1, -0.05) is 31.4 Å². The van der Waals surface area contributed by atoms with Crippen LogP contribution in [-0.4, -0.2) is 41.7 Å². The molecule has 4 heteroatoms. The van der Waals surface area contributed by atoms with Gasteiger partial charge in [0.25, 0.3) is 0 Å². The molecule has 0 aromatic heterocycles. The highest BCUT2D eigenvalue weighted by molar-refractivity contribution is 5.92. The molecule has 1 heterocycles. The van der Waals surface area contributed by atoms with E-state index < -0.39 is 0 Å². The number of anilines is 1. The average molecular weight is 302 g/mol. The van der Waals surface area contributed by atoms with Gasteiger partial charge in [-0.05, 0) is 42.9 Å². The maximum atomic E-state index is 12.0. The second-order valence-corrected chi connectivity index (χ2v) is 6.68. The first-order valence-corrected chi connectivity index (χ1v) is 8.51. The number of hydrogen-bond acceptors (Lipinski definition) is 3. The van der Waals surface area contributed by atoms with Gasteiger partial charge in [0.2, 0.25) is 5.91 Å². The van der Waals surface area contributed by atoms with Crippen molar-refractivity contribution >= 4 is 11.6 Å². The Morgan fingerprint density at radius 1 is 1.14 bits per heavy atom. The highest BCUT2D eigenvalue weighted by Crippen LogP contribution is 2.32. The molecule has 1 aromatic rings. The van der Waals surface area contributed by atoms with E-state index >= 15 is 0 Å². The summed E-state index contributed by atoms with van der Waals surface area (Å²) < 4.78 is 0. The third-order valence-electron chi connectivity index (χ3n) is 4.89. The Morgan fingerprint density at radius 3 is 2.50 bits per heavy atom. The van der Waals surface area contributed by atoms with Crippen LogP contribution in [0.1, 0.15) is 50.0 Å². The Hall–Kier alpha value is -1.39. The van der Waals surface area contributed by atoms with Crippen molar-refractivity contribution in [2.24, 2.45) is 0 Å². The average Bonchev–Trinajstić information content (AvgIpc) is 2.94. The van der Waals surface area contributed by atoms with Gasteiger partial charge < -0.3 is 10.4 Å². The molecule has 1 aliphatic carbocycles. The van der Waals surface area contributed by atoms with E-state index in [9.17, 15) is 9.90 Å². The highest BCUT2D eigenvalue weighted by Gasteiger charge is 2.22. The van der Waals surface area contributed by atoms with Gasteiger partial charge in [0.15, 0.2) is 0 Å². The first-order valence-electron chi connectivity index (χ1n) is 8.51. The van der Waals surface area contributed by atoms with Gasteiger partial charge in [-0.3, -0.25) is 9.69 Å². The molecular weight excluding hydrogens is 276 g/mol. The van der Waals surface area contributed by atoms with Gasteiger partial charge in [0, 0.05) is 18.8 Å². The van der Waals surface area contributed by atoms with E-state index in [1.165, 1.54) is 37.7 Å². The van der Waals surface area contributed by atoms with E-state index in [1.807, 2.05) is 17.0 Å². The number of likely N-dealkylation sites (tertiary alicyclic amines) is 1. The number of rotatable bonds is 4. The number of aliphatic hydroxyl groups is 1. The fraction of sp³-hybridized carbons (Fsp3) is 0.611. The predicted molar refractivity (Wildman–Crippen MR) is 88.0 cm³/mol. The molecule has 22 heavy (non-hydrogen) atoms. The van der Waals surface area contributed by atoms with E-state index in [4.69, 9.17) is 0 Å². The zero-order valence-corrected chi connectivity index (χ0v) is 13.1. The number of hydrogen-bond donors (Lipinski definition) is 2. The first kappa shape index (κ1) is 15.5. The number of benzene rings is 1. The summed E-state index contributed by atoms with van der Waals surface area (Å²) in [5.74, 6) is 0.698. The topological polar surface area (TPSA) is 52.6 Å². The lowest BCUT2D eigenvalue weighted by molar-refractivity contribution is -0.117. The van der Waals surface area contributed by atoms with E-state index in [0.717, 1.165) is 18.7 Å². The molecular formula is C18H26N2O2. The fourth-order valence-corrected chi connectivity index (χ4v) is 3.63. The summed E-state index contributed by atoms with van der Waals surface area (Å²) in [6.45, 7) is 1.77.